The van der Waals surface area contributed by atoms with Gasteiger partial charge in [0.15, 0.2) is 0 Å². The molecule has 0 aliphatic rings. The van der Waals surface area contributed by atoms with Gasteiger partial charge in [-0.3, -0.25) is 0 Å². The molecule has 0 aliphatic heterocycles. The van der Waals surface area contributed by atoms with Gasteiger partial charge < -0.3 is 17.6 Å². The minimum atomic E-state index is 1.24. The van der Waals surface area contributed by atoms with E-state index >= 15 is 0 Å². The molecule has 0 bridgehead atoms. The van der Waals surface area contributed by atoms with Crippen molar-refractivity contribution < 1.29 is 0 Å². The first-order valence-electron chi connectivity index (χ1n) is 49.9. The number of rotatable bonds is 5. The Hall–Kier alpha value is -18.3. The van der Waals surface area contributed by atoms with E-state index in [-0.39, 0.29) is 0 Å². The average molecular weight is 1850 g/mol. The molecule has 0 unspecified atom stereocenters. The monoisotopic (exact) mass is 1850 g/mol. The highest BCUT2D eigenvalue weighted by Crippen LogP contribution is 2.57. The van der Waals surface area contributed by atoms with Crippen molar-refractivity contribution in [2.45, 2.75) is 0 Å². The van der Waals surface area contributed by atoms with Crippen LogP contribution in [0.15, 0.2) is 461 Å². The summed E-state index contributed by atoms with van der Waals surface area (Å²) in [5.41, 5.74) is 28.6. The lowest BCUT2D eigenvalue weighted by atomic mass is 9.90. The van der Waals surface area contributed by atoms with Crippen LogP contribution in [-0.2, 0) is 0 Å². The van der Waals surface area contributed by atoms with Gasteiger partial charge in [0.2, 0.25) is 0 Å². The maximum atomic E-state index is 2.57. The van der Waals surface area contributed by atoms with Gasteiger partial charge in [0.05, 0.1) is 66.2 Å². The van der Waals surface area contributed by atoms with Crippen LogP contribution in [0.4, 0.5) is 0 Å². The lowest BCUT2D eigenvalue weighted by molar-refractivity contribution is 1.37. The van der Waals surface area contributed by atoms with E-state index in [1.165, 1.54) is 335 Å². The van der Waals surface area contributed by atoms with Crippen LogP contribution in [0.2, 0.25) is 0 Å². The zero-order valence-corrected chi connectivity index (χ0v) is 79.1. The highest BCUT2D eigenvalue weighted by Gasteiger charge is 2.32. The summed E-state index contributed by atoms with van der Waals surface area (Å²) in [6.07, 6.45) is 0. The molecule has 0 amide bonds. The van der Waals surface area contributed by atoms with Crippen LogP contribution in [0.25, 0.3) is 335 Å². The summed E-state index contributed by atoms with van der Waals surface area (Å²) < 4.78 is 15.6. The predicted octanol–water partition coefficient (Wildman–Crippen LogP) is 39.4. The van der Waals surface area contributed by atoms with Crippen LogP contribution < -0.4 is 0 Å². The van der Waals surface area contributed by atoms with Crippen LogP contribution in [0.1, 0.15) is 0 Å². The van der Waals surface area contributed by atoms with Gasteiger partial charge >= 0.3 is 0 Å². The van der Waals surface area contributed by atoms with Gasteiger partial charge in [-0.25, -0.2) is 0 Å². The van der Waals surface area contributed by atoms with Gasteiger partial charge in [0.25, 0.3) is 0 Å². The Balaban J connectivity index is 0.0000000831. The highest BCUT2D eigenvalue weighted by molar-refractivity contribution is 7.26. The fourth-order valence-electron chi connectivity index (χ4n) is 27.0. The van der Waals surface area contributed by atoms with E-state index in [1.807, 2.05) is 22.7 Å². The number of hydrogen-bond acceptors (Lipinski definition) is 2. The lowest BCUT2D eigenvalue weighted by Gasteiger charge is -2.13. The molecule has 6 heteroatoms. The molecule has 0 spiro atoms. The summed E-state index contributed by atoms with van der Waals surface area (Å²) in [5.74, 6) is 0. The van der Waals surface area contributed by atoms with Crippen LogP contribution in [0.3, 0.4) is 0 Å². The minimum absolute atomic E-state index is 1.24. The molecule has 37 aromatic rings. The molecule has 4 nitrogen and oxygen atoms in total. The molecule has 10 heterocycles. The largest absolute Gasteiger partial charge is 0.307 e. The summed E-state index contributed by atoms with van der Waals surface area (Å²) >= 11 is 3.79. The van der Waals surface area contributed by atoms with Crippen molar-refractivity contribution >= 4 is 302 Å². The van der Waals surface area contributed by atoms with Crippen molar-refractivity contribution in [3.8, 4) is 55.6 Å². The van der Waals surface area contributed by atoms with Crippen molar-refractivity contribution in [2.24, 2.45) is 0 Å². The third-order valence-corrected chi connectivity index (χ3v) is 35.1. The van der Waals surface area contributed by atoms with E-state index in [0.717, 1.165) is 0 Å². The van der Waals surface area contributed by atoms with Gasteiger partial charge in [-0.1, -0.05) is 406 Å². The summed E-state index contributed by atoms with van der Waals surface area (Å²) in [6, 6.07) is 170. The van der Waals surface area contributed by atoms with Gasteiger partial charge in [0, 0.05) is 154 Å². The van der Waals surface area contributed by atoms with E-state index in [0.29, 0.717) is 0 Å². The van der Waals surface area contributed by atoms with Gasteiger partial charge in [-0.15, -0.1) is 22.7 Å². The normalized spacial score (nSPS) is 12.6. The van der Waals surface area contributed by atoms with E-state index in [4.69, 9.17) is 0 Å². The fourth-order valence-corrected chi connectivity index (χ4v) is 29.3. The molecule has 37 rings (SSSR count). The molecule has 0 fully saturated rings. The van der Waals surface area contributed by atoms with Gasteiger partial charge in [-0.2, -0.15) is 0 Å². The van der Waals surface area contributed by atoms with E-state index in [9.17, 15) is 0 Å². The molecule has 0 atom stereocenters. The minimum Gasteiger partial charge on any atom is -0.307 e. The molecule has 27 aromatic carbocycles. The second-order valence-corrected chi connectivity index (χ2v) is 41.7. The molecule has 10 aromatic heterocycles. The number of para-hydroxylation sites is 4. The van der Waals surface area contributed by atoms with Crippen molar-refractivity contribution in [2.75, 3.05) is 0 Å². The maximum Gasteiger partial charge on any atom is 0.0627 e. The van der Waals surface area contributed by atoms with Crippen LogP contribution in [0.5, 0.6) is 0 Å². The quantitative estimate of drug-likeness (QED) is 0.153. The Morgan fingerprint density at radius 1 is 0.118 bits per heavy atom. The van der Waals surface area contributed by atoms with Crippen molar-refractivity contribution in [3.63, 3.8) is 0 Å². The third kappa shape index (κ3) is 10.1. The Bertz CT molecular complexity index is 12000. The summed E-state index contributed by atoms with van der Waals surface area (Å²) in [7, 11) is 0. The van der Waals surface area contributed by atoms with E-state index in [1.54, 1.807) is 0 Å². The molecule has 0 aliphatic carbocycles. The van der Waals surface area contributed by atoms with Crippen molar-refractivity contribution in [1.82, 2.24) is 17.6 Å². The fraction of sp³-hybridized carbons (Fsp3) is 0. The van der Waals surface area contributed by atoms with Crippen LogP contribution in [0, 0.1) is 0 Å². The standard InChI is InChI=1S/2C36H19NS.C36H21N.C30H17N/c1-2-9-21-20(8-1)24-16-18-26-22-10-3-5-14-30(22)37-34(26)32(24)33-25(21)17-19-27(35(33)37)29-13-7-12-28-23-11-4-6-15-31(23)38-36(28)29;1-2-8-23-22(7-1)26-15-14-21(20-13-18-32-29(19-20)25-10-4-6-12-31(25)38-32)35-33(26)34-27(23)16-17-28-24-9-3-5-11-30(24)37(35)36(28)34;1-2-9-22(10-3-1)23-11-8-12-24(21-23)25-17-18-29-26-13-4-5-14-27(26)30-19-20-31-28-15-6-7-16-32(28)37-35(25)33(29)34(30)36(31)37;1-2-8-18(9-3-1)19-14-15-23-20-10-4-5-11-21(20)24-16-17-25-22-12-6-7-13-26(22)31-29(19)27(23)28(24)30(25)31/h2*1-19H;1-21H;1-17H. The van der Waals surface area contributed by atoms with Crippen molar-refractivity contribution in [1.29, 1.82) is 0 Å². The molecule has 0 N–H and O–H groups in total. The number of nitrogens with zero attached hydrogens (tertiary/aromatic N) is 4. The second kappa shape index (κ2) is 28.7. The number of benzene rings is 27. The Kier molecular flexibility index (Phi) is 15.5. The van der Waals surface area contributed by atoms with Crippen LogP contribution in [-0.4, -0.2) is 17.6 Å². The summed E-state index contributed by atoms with van der Waals surface area (Å²) in [5, 5.41) is 48.6. The average Bonchev–Trinajstić information content (AvgIpc) is 1.52. The topological polar surface area (TPSA) is 17.6 Å². The predicted molar refractivity (Wildman–Crippen MR) is 622 cm³/mol. The molecular formula is C138H76N4S2. The van der Waals surface area contributed by atoms with E-state index in [2.05, 4.69) is 479 Å². The smallest absolute Gasteiger partial charge is 0.0627 e. The Labute approximate surface area is 829 Å². The summed E-state index contributed by atoms with van der Waals surface area (Å²) in [6.45, 7) is 0. The number of thiophene rings is 2. The molecule has 144 heavy (non-hydrogen) atoms. The first-order valence-corrected chi connectivity index (χ1v) is 51.6. The third-order valence-electron chi connectivity index (χ3n) is 32.7. The highest BCUT2D eigenvalue weighted by atomic mass is 32.1. The molecule has 0 saturated heterocycles. The van der Waals surface area contributed by atoms with Gasteiger partial charge in [-0.05, 0) is 169 Å². The number of fused-ring (bicyclic) bond motifs is 34. The van der Waals surface area contributed by atoms with E-state index < -0.39 is 0 Å². The second-order valence-electron chi connectivity index (χ2n) is 39.6. The number of hydrogen-bond donors (Lipinski definition) is 0. The molecule has 0 radical (unpaired) electrons. The summed E-state index contributed by atoms with van der Waals surface area (Å²) in [4.78, 5) is 0. The molecule has 660 valence electrons. The Morgan fingerprint density at radius 2 is 0.375 bits per heavy atom. The molecule has 0 saturated carbocycles. The first kappa shape index (κ1) is 77.6. The SMILES string of the molecule is c1ccc(-c2ccc3c4ccccc4c4ccc5c6ccccc6n6c2c3c4c56)cc1.c1ccc(-c2cccc(-c3ccc4c5ccccc5c5ccc6c7ccccc7n7c3c4c5c67)c2)cc1.c1ccc2c(c1)sc1c(-c3ccc4c5ccccc5c5ccc6c7ccccc7n7c3c4c5c67)cccc12.c1ccc2c(c1)sc1ccc(-c3ccc4c5ccccc5c5ccc6c7ccccc7n7c3c4c5c67)cc12. The Morgan fingerprint density at radius 3 is 0.771 bits per heavy atom. The lowest BCUT2D eigenvalue weighted by Crippen LogP contribution is -1.88. The maximum absolute atomic E-state index is 2.57. The van der Waals surface area contributed by atoms with Gasteiger partial charge in [0.1, 0.15) is 0 Å². The zero-order chi connectivity index (χ0) is 93.3. The van der Waals surface area contributed by atoms with Crippen LogP contribution >= 0.6 is 22.7 Å². The first-order chi connectivity index (χ1) is 71.5. The zero-order valence-electron chi connectivity index (χ0n) is 77.5. The number of aromatic nitrogens is 4. The molecular weight excluding hydrogens is 1780 g/mol. The van der Waals surface area contributed by atoms with Crippen molar-refractivity contribution in [3.05, 3.63) is 461 Å².